The minimum atomic E-state index is -0.424. The number of hydrazone groups is 1. The van der Waals surface area contributed by atoms with Gasteiger partial charge in [0, 0.05) is 33.6 Å². The third-order valence-electron chi connectivity index (χ3n) is 2.47. The molecule has 0 fully saturated rings. The Balaban J connectivity index is 2.71. The number of methoxy groups -OCH3 is 1. The molecule has 7 heteroatoms. The fraction of sp³-hybridized carbons (Fsp3) is 0.727. The quantitative estimate of drug-likeness (QED) is 0.518. The van der Waals surface area contributed by atoms with E-state index < -0.39 is 12.0 Å². The van der Waals surface area contributed by atoms with Gasteiger partial charge >= 0.3 is 5.97 Å². The number of ether oxygens (including phenoxy) is 3. The summed E-state index contributed by atoms with van der Waals surface area (Å²) in [6.45, 7) is 2.88. The predicted molar refractivity (Wildman–Crippen MR) is 62.8 cm³/mol. The van der Waals surface area contributed by atoms with Crippen molar-refractivity contribution >= 4 is 18.1 Å². The van der Waals surface area contributed by atoms with Gasteiger partial charge in [-0.2, -0.15) is 5.10 Å². The van der Waals surface area contributed by atoms with Crippen LogP contribution in [-0.4, -0.2) is 55.8 Å². The van der Waals surface area contributed by atoms with Crippen molar-refractivity contribution in [2.45, 2.75) is 32.4 Å². The Bertz CT molecular complexity index is 331. The molecule has 1 heterocycles. The average Bonchev–Trinajstić information content (AvgIpc) is 2.33. The van der Waals surface area contributed by atoms with Crippen LogP contribution < -0.4 is 0 Å². The molecule has 0 aliphatic carbocycles. The number of nitrogens with zero attached hydrogens (tertiary/aromatic N) is 2. The zero-order valence-corrected chi connectivity index (χ0v) is 10.8. The summed E-state index contributed by atoms with van der Waals surface area (Å²) in [5.74, 6) is -0.632. The lowest BCUT2D eigenvalue weighted by Gasteiger charge is -2.34. The van der Waals surface area contributed by atoms with Gasteiger partial charge in [0.25, 0.3) is 0 Å². The summed E-state index contributed by atoms with van der Waals surface area (Å²) in [6.07, 6.45) is 1.84. The topological polar surface area (TPSA) is 77.4 Å². The number of hydrogen-bond acceptors (Lipinski definition) is 6. The minimum absolute atomic E-state index is 0.0562. The van der Waals surface area contributed by atoms with Gasteiger partial charge in [-0.1, -0.05) is 0 Å². The standard InChI is InChI=1S/C11H18N2O5/c1-8(14)13-10(6-17-9(2)15)11(4-5-12-13)18-7-16-3/h5,10-11H,4,6-7H2,1-3H3/t10-,11+/m0/s1. The second-order valence-corrected chi connectivity index (χ2v) is 3.88. The van der Waals surface area contributed by atoms with Gasteiger partial charge in [0.2, 0.25) is 5.91 Å². The van der Waals surface area contributed by atoms with Gasteiger partial charge in [-0.15, -0.1) is 0 Å². The van der Waals surface area contributed by atoms with Crippen molar-refractivity contribution in [3.8, 4) is 0 Å². The molecule has 0 bridgehead atoms. The van der Waals surface area contributed by atoms with Crippen LogP contribution in [0.4, 0.5) is 0 Å². The molecule has 102 valence electrons. The summed E-state index contributed by atoms with van der Waals surface area (Å²) in [6, 6.07) is -0.424. The SMILES string of the molecule is COCO[C@@H]1CC=NN(C(C)=O)[C@H]1COC(C)=O. The van der Waals surface area contributed by atoms with Crippen molar-refractivity contribution < 1.29 is 23.8 Å². The normalized spacial score (nSPS) is 22.9. The molecule has 1 amide bonds. The highest BCUT2D eigenvalue weighted by molar-refractivity contribution is 5.76. The third kappa shape index (κ3) is 4.08. The molecule has 1 aliphatic rings. The fourth-order valence-electron chi connectivity index (χ4n) is 1.67. The Morgan fingerprint density at radius 3 is 2.72 bits per heavy atom. The molecule has 1 rings (SSSR count). The molecule has 0 unspecified atom stereocenters. The van der Waals surface area contributed by atoms with E-state index in [2.05, 4.69) is 5.10 Å². The van der Waals surface area contributed by atoms with Crippen LogP contribution in [0.25, 0.3) is 0 Å². The van der Waals surface area contributed by atoms with Crippen LogP contribution >= 0.6 is 0 Å². The van der Waals surface area contributed by atoms with E-state index in [1.807, 2.05) is 0 Å². The van der Waals surface area contributed by atoms with Crippen molar-refractivity contribution in [2.75, 3.05) is 20.5 Å². The van der Waals surface area contributed by atoms with Crippen LogP contribution in [0, 0.1) is 0 Å². The summed E-state index contributed by atoms with van der Waals surface area (Å²) >= 11 is 0. The zero-order chi connectivity index (χ0) is 13.5. The van der Waals surface area contributed by atoms with Gasteiger partial charge < -0.3 is 14.2 Å². The Kier molecular flexibility index (Phi) is 5.73. The monoisotopic (exact) mass is 258 g/mol. The van der Waals surface area contributed by atoms with E-state index in [-0.39, 0.29) is 25.4 Å². The molecule has 1 aliphatic heterocycles. The van der Waals surface area contributed by atoms with E-state index in [1.54, 1.807) is 6.21 Å². The van der Waals surface area contributed by atoms with Gasteiger partial charge in [0.05, 0.1) is 6.10 Å². The van der Waals surface area contributed by atoms with Gasteiger partial charge in [-0.3, -0.25) is 9.59 Å². The van der Waals surface area contributed by atoms with Crippen LogP contribution in [0.3, 0.4) is 0 Å². The third-order valence-corrected chi connectivity index (χ3v) is 2.47. The molecule has 7 nitrogen and oxygen atoms in total. The average molecular weight is 258 g/mol. The maximum Gasteiger partial charge on any atom is 0.302 e. The van der Waals surface area contributed by atoms with Crippen molar-refractivity contribution in [3.05, 3.63) is 0 Å². The maximum atomic E-state index is 11.5. The predicted octanol–water partition coefficient (Wildman–Crippen LogP) is 0.145. The van der Waals surface area contributed by atoms with Crippen molar-refractivity contribution in [2.24, 2.45) is 5.10 Å². The Labute approximate surface area is 106 Å². The molecular formula is C11H18N2O5. The lowest BCUT2D eigenvalue weighted by Crippen LogP contribution is -2.50. The molecule has 2 atom stereocenters. The van der Waals surface area contributed by atoms with Crippen LogP contribution in [0.2, 0.25) is 0 Å². The highest BCUT2D eigenvalue weighted by atomic mass is 16.7. The molecular weight excluding hydrogens is 240 g/mol. The van der Waals surface area contributed by atoms with E-state index in [4.69, 9.17) is 14.2 Å². The lowest BCUT2D eigenvalue weighted by atomic mass is 10.1. The van der Waals surface area contributed by atoms with Gasteiger partial charge in [-0.25, -0.2) is 5.01 Å². The number of carbonyl (C=O) groups excluding carboxylic acids is 2. The summed E-state index contributed by atoms with van der Waals surface area (Å²) in [5.41, 5.74) is 0. The zero-order valence-electron chi connectivity index (χ0n) is 10.8. The lowest BCUT2D eigenvalue weighted by molar-refractivity contribution is -0.155. The van der Waals surface area contributed by atoms with E-state index in [9.17, 15) is 9.59 Å². The van der Waals surface area contributed by atoms with Gasteiger partial charge in [-0.05, 0) is 0 Å². The number of esters is 1. The number of rotatable bonds is 5. The van der Waals surface area contributed by atoms with Crippen LogP contribution in [0.15, 0.2) is 5.10 Å². The highest BCUT2D eigenvalue weighted by Gasteiger charge is 2.33. The first kappa shape index (κ1) is 14.6. The molecule has 0 saturated carbocycles. The number of carbonyl (C=O) groups is 2. The molecule has 0 saturated heterocycles. The van der Waals surface area contributed by atoms with E-state index in [0.717, 1.165) is 0 Å². The minimum Gasteiger partial charge on any atom is -0.463 e. The molecule has 0 aromatic carbocycles. The van der Waals surface area contributed by atoms with Crippen LogP contribution in [-0.2, 0) is 23.8 Å². The number of amides is 1. The molecule has 18 heavy (non-hydrogen) atoms. The van der Waals surface area contributed by atoms with E-state index in [1.165, 1.54) is 26.0 Å². The second kappa shape index (κ2) is 7.07. The van der Waals surface area contributed by atoms with Crippen LogP contribution in [0.1, 0.15) is 20.3 Å². The van der Waals surface area contributed by atoms with E-state index >= 15 is 0 Å². The number of hydrogen-bond donors (Lipinski definition) is 0. The largest absolute Gasteiger partial charge is 0.463 e. The second-order valence-electron chi connectivity index (χ2n) is 3.88. The molecule has 0 radical (unpaired) electrons. The summed E-state index contributed by atoms with van der Waals surface area (Å²) in [5, 5.41) is 5.26. The Morgan fingerprint density at radius 2 is 2.17 bits per heavy atom. The van der Waals surface area contributed by atoms with Gasteiger partial charge in [0.15, 0.2) is 0 Å². The van der Waals surface area contributed by atoms with Crippen molar-refractivity contribution in [1.29, 1.82) is 0 Å². The summed E-state index contributed by atoms with van der Waals surface area (Å²) in [7, 11) is 1.51. The van der Waals surface area contributed by atoms with Gasteiger partial charge in [0.1, 0.15) is 19.4 Å². The smallest absolute Gasteiger partial charge is 0.302 e. The maximum absolute atomic E-state index is 11.5. The molecule has 0 N–H and O–H groups in total. The van der Waals surface area contributed by atoms with E-state index in [0.29, 0.717) is 6.42 Å². The summed E-state index contributed by atoms with van der Waals surface area (Å²) in [4.78, 5) is 22.3. The van der Waals surface area contributed by atoms with Crippen LogP contribution in [0.5, 0.6) is 0 Å². The first-order chi connectivity index (χ1) is 8.56. The molecule has 0 aromatic heterocycles. The Hall–Kier alpha value is -1.47. The fourth-order valence-corrected chi connectivity index (χ4v) is 1.67. The Morgan fingerprint density at radius 1 is 1.44 bits per heavy atom. The molecule has 0 aromatic rings. The first-order valence-electron chi connectivity index (χ1n) is 5.62. The molecule has 0 spiro atoms. The van der Waals surface area contributed by atoms with Crippen molar-refractivity contribution in [3.63, 3.8) is 0 Å². The summed E-state index contributed by atoms with van der Waals surface area (Å²) < 4.78 is 15.2. The highest BCUT2D eigenvalue weighted by Crippen LogP contribution is 2.17. The first-order valence-corrected chi connectivity index (χ1v) is 5.62. The van der Waals surface area contributed by atoms with Crippen molar-refractivity contribution in [1.82, 2.24) is 5.01 Å².